The standard InChI is InChI=1S/C29H31N3O4/c1-35-29(34)27-22-14-26-28-21(12-13-31(17-30)15-18(22)10-11-25(27)33)20-7-3-5-9-24(20)32(28)23-8-4-2-6-19(23)16-36-26/h2-9,18,22,25-27,33H,10-16H2,1H3/t18-,22?,25-,26?,27+/m0/s1. The van der Waals surface area contributed by atoms with E-state index in [1.807, 2.05) is 11.0 Å². The number of rotatable bonds is 1. The number of hydrogen-bond acceptors (Lipinski definition) is 6. The molecule has 3 aliphatic rings. The van der Waals surface area contributed by atoms with E-state index in [1.165, 1.54) is 18.1 Å². The average Bonchev–Trinajstić information content (AvgIpc) is 3.14. The summed E-state index contributed by atoms with van der Waals surface area (Å²) in [5.41, 5.74) is 5.64. The molecule has 1 aromatic heterocycles. The fraction of sp³-hybridized carbons (Fsp3) is 0.448. The first kappa shape index (κ1) is 23.1. The van der Waals surface area contributed by atoms with Crippen molar-refractivity contribution in [1.29, 1.82) is 5.26 Å². The largest absolute Gasteiger partial charge is 0.469 e. The van der Waals surface area contributed by atoms with Crippen molar-refractivity contribution in [2.75, 3.05) is 20.2 Å². The Kier molecular flexibility index (Phi) is 5.94. The van der Waals surface area contributed by atoms with Crippen LogP contribution in [0.4, 0.5) is 0 Å². The Labute approximate surface area is 210 Å². The summed E-state index contributed by atoms with van der Waals surface area (Å²) in [7, 11) is 1.38. The number of aromatic nitrogens is 1. The van der Waals surface area contributed by atoms with Gasteiger partial charge in [0.2, 0.25) is 0 Å². The van der Waals surface area contributed by atoms with Gasteiger partial charge in [-0.3, -0.25) is 4.79 Å². The quantitative estimate of drug-likeness (QED) is 0.412. The molecule has 0 bridgehead atoms. The summed E-state index contributed by atoms with van der Waals surface area (Å²) in [4.78, 5) is 14.8. The van der Waals surface area contributed by atoms with Crippen molar-refractivity contribution in [3.05, 3.63) is 65.4 Å². The van der Waals surface area contributed by atoms with Crippen LogP contribution >= 0.6 is 0 Å². The van der Waals surface area contributed by atoms with E-state index in [4.69, 9.17) is 9.47 Å². The summed E-state index contributed by atoms with van der Waals surface area (Å²) in [6, 6.07) is 16.7. The summed E-state index contributed by atoms with van der Waals surface area (Å²) in [5.74, 6) is -1.09. The third-order valence-corrected chi connectivity index (χ3v) is 8.50. The zero-order valence-electron chi connectivity index (χ0n) is 20.5. The Balaban J connectivity index is 1.57. The molecule has 2 aromatic carbocycles. The number of para-hydroxylation sites is 2. The van der Waals surface area contributed by atoms with Crippen LogP contribution in [0.5, 0.6) is 0 Å². The third-order valence-electron chi connectivity index (χ3n) is 8.50. The SMILES string of the molecule is COC(=O)[C@@H]1C2CC3OCc4ccccc4-n4c3c(c3ccccc34)CCN(C#N)C[C@@H]2CC[C@@H]1O. The molecule has 2 unspecified atom stereocenters. The van der Waals surface area contributed by atoms with Crippen LogP contribution in [0, 0.1) is 29.2 Å². The molecule has 0 radical (unpaired) electrons. The highest BCUT2D eigenvalue weighted by molar-refractivity contribution is 5.88. The van der Waals surface area contributed by atoms with Crippen LogP contribution < -0.4 is 0 Å². The predicted octanol–water partition coefficient (Wildman–Crippen LogP) is 4.11. The van der Waals surface area contributed by atoms with Crippen LogP contribution in [0.2, 0.25) is 0 Å². The van der Waals surface area contributed by atoms with Crippen molar-refractivity contribution in [2.24, 2.45) is 17.8 Å². The maximum Gasteiger partial charge on any atom is 0.311 e. The fourth-order valence-electron chi connectivity index (χ4n) is 6.84. The first-order valence-corrected chi connectivity index (χ1v) is 12.8. The molecule has 36 heavy (non-hydrogen) atoms. The van der Waals surface area contributed by atoms with E-state index in [9.17, 15) is 15.2 Å². The minimum atomic E-state index is -0.759. The van der Waals surface area contributed by atoms with E-state index < -0.39 is 12.0 Å². The highest BCUT2D eigenvalue weighted by Crippen LogP contribution is 2.47. The van der Waals surface area contributed by atoms with Crippen LogP contribution in [0.25, 0.3) is 16.6 Å². The number of ether oxygens (including phenoxy) is 2. The van der Waals surface area contributed by atoms with Crippen molar-refractivity contribution < 1.29 is 19.4 Å². The third kappa shape index (κ3) is 3.68. The number of aliphatic hydroxyl groups excluding tert-OH is 1. The average molecular weight is 486 g/mol. The molecule has 7 heteroatoms. The lowest BCUT2D eigenvalue weighted by Crippen LogP contribution is -2.47. The van der Waals surface area contributed by atoms with E-state index in [2.05, 4.69) is 53.2 Å². The van der Waals surface area contributed by atoms with Crippen molar-refractivity contribution in [2.45, 2.75) is 44.5 Å². The van der Waals surface area contributed by atoms with Crippen molar-refractivity contribution in [3.63, 3.8) is 0 Å². The number of nitrogens with zero attached hydrogens (tertiary/aromatic N) is 3. The molecule has 0 spiro atoms. The van der Waals surface area contributed by atoms with Gasteiger partial charge in [0, 0.05) is 24.0 Å². The minimum Gasteiger partial charge on any atom is -0.469 e. The van der Waals surface area contributed by atoms with Gasteiger partial charge in [0.05, 0.1) is 48.7 Å². The minimum absolute atomic E-state index is 0.0887. The molecule has 1 fully saturated rings. The van der Waals surface area contributed by atoms with Gasteiger partial charge in [0.15, 0.2) is 6.19 Å². The number of benzene rings is 2. The lowest BCUT2D eigenvalue weighted by atomic mass is 9.67. The zero-order valence-corrected chi connectivity index (χ0v) is 20.5. The van der Waals surface area contributed by atoms with Gasteiger partial charge in [-0.15, -0.1) is 0 Å². The van der Waals surface area contributed by atoms with Crippen molar-refractivity contribution in [1.82, 2.24) is 9.47 Å². The van der Waals surface area contributed by atoms with E-state index in [0.29, 0.717) is 32.5 Å². The Morgan fingerprint density at radius 3 is 2.81 bits per heavy atom. The Hall–Kier alpha value is -3.34. The smallest absolute Gasteiger partial charge is 0.311 e. The highest BCUT2D eigenvalue weighted by Gasteiger charge is 2.46. The lowest BCUT2D eigenvalue weighted by molar-refractivity contribution is -0.158. The summed E-state index contributed by atoms with van der Waals surface area (Å²) >= 11 is 0. The predicted molar refractivity (Wildman–Crippen MR) is 134 cm³/mol. The number of methoxy groups -OCH3 is 1. The summed E-state index contributed by atoms with van der Waals surface area (Å²) in [6.45, 7) is 1.65. The second kappa shape index (κ2) is 9.27. The second-order valence-electron chi connectivity index (χ2n) is 10.3. The van der Waals surface area contributed by atoms with E-state index in [1.54, 1.807) is 0 Å². The first-order chi connectivity index (χ1) is 17.6. The molecule has 2 aliphatic heterocycles. The van der Waals surface area contributed by atoms with Gasteiger partial charge < -0.3 is 24.0 Å². The number of carbonyl (C=O) groups is 1. The first-order valence-electron chi connectivity index (χ1n) is 12.8. The summed E-state index contributed by atoms with van der Waals surface area (Å²) in [6.07, 6.45) is 3.99. The normalized spacial score (nSPS) is 27.7. The molecule has 6 rings (SSSR count). The van der Waals surface area contributed by atoms with Crippen LogP contribution in [0.3, 0.4) is 0 Å². The number of esters is 1. The monoisotopic (exact) mass is 485 g/mol. The molecule has 0 amide bonds. The molecular formula is C29H31N3O4. The maximum absolute atomic E-state index is 12.9. The lowest BCUT2D eigenvalue weighted by Gasteiger charge is -2.42. The molecule has 3 heterocycles. The molecule has 1 saturated carbocycles. The number of fused-ring (bicyclic) bond motifs is 6. The molecular weight excluding hydrogens is 454 g/mol. The van der Waals surface area contributed by atoms with Gasteiger partial charge in [-0.05, 0) is 55.2 Å². The second-order valence-corrected chi connectivity index (χ2v) is 10.3. The number of aliphatic hydroxyl groups is 1. The fourth-order valence-corrected chi connectivity index (χ4v) is 6.84. The van der Waals surface area contributed by atoms with Crippen LogP contribution in [0.1, 0.15) is 42.2 Å². The number of nitriles is 1. The van der Waals surface area contributed by atoms with Gasteiger partial charge in [0.25, 0.3) is 0 Å². The van der Waals surface area contributed by atoms with Crippen molar-refractivity contribution in [3.8, 4) is 11.9 Å². The molecule has 186 valence electrons. The molecule has 1 aliphatic carbocycles. The molecule has 3 aromatic rings. The molecule has 5 atom stereocenters. The van der Waals surface area contributed by atoms with Gasteiger partial charge in [0.1, 0.15) is 0 Å². The van der Waals surface area contributed by atoms with E-state index in [-0.39, 0.29) is 23.9 Å². The molecule has 1 N–H and O–H groups in total. The maximum atomic E-state index is 12.9. The summed E-state index contributed by atoms with van der Waals surface area (Å²) in [5, 5.41) is 22.1. The van der Waals surface area contributed by atoms with Crippen LogP contribution in [-0.4, -0.2) is 46.8 Å². The number of hydrogen-bond donors (Lipinski definition) is 1. The number of carbonyl (C=O) groups excluding carboxylic acids is 1. The Morgan fingerprint density at radius 1 is 1.17 bits per heavy atom. The Morgan fingerprint density at radius 2 is 1.97 bits per heavy atom. The zero-order chi connectivity index (χ0) is 24.8. The molecule has 7 nitrogen and oxygen atoms in total. The van der Waals surface area contributed by atoms with Crippen molar-refractivity contribution >= 4 is 16.9 Å². The van der Waals surface area contributed by atoms with Gasteiger partial charge in [-0.1, -0.05) is 36.4 Å². The van der Waals surface area contributed by atoms with Crippen LogP contribution in [0.15, 0.2) is 48.5 Å². The highest BCUT2D eigenvalue weighted by atomic mass is 16.5. The van der Waals surface area contributed by atoms with Gasteiger partial charge in [-0.25, -0.2) is 0 Å². The van der Waals surface area contributed by atoms with Gasteiger partial charge in [-0.2, -0.15) is 5.26 Å². The molecule has 0 saturated heterocycles. The topological polar surface area (TPSA) is 87.7 Å². The van der Waals surface area contributed by atoms with Gasteiger partial charge >= 0.3 is 5.97 Å². The Bertz CT molecular complexity index is 1340. The van der Waals surface area contributed by atoms with E-state index >= 15 is 0 Å². The summed E-state index contributed by atoms with van der Waals surface area (Å²) < 4.78 is 14.2. The van der Waals surface area contributed by atoms with E-state index in [0.717, 1.165) is 35.3 Å². The van der Waals surface area contributed by atoms with Crippen LogP contribution in [-0.2, 0) is 27.3 Å².